The lowest BCUT2D eigenvalue weighted by atomic mass is 9.53. The Bertz CT molecular complexity index is 862. The number of aliphatic hydroxyl groups is 4. The van der Waals surface area contributed by atoms with Gasteiger partial charge >= 0.3 is 6.09 Å². The topological polar surface area (TPSA) is 147 Å². The van der Waals surface area contributed by atoms with E-state index >= 15 is 0 Å². The van der Waals surface area contributed by atoms with Crippen LogP contribution < -0.4 is 10.1 Å². The normalized spacial score (nSPS) is 42.9. The van der Waals surface area contributed by atoms with Gasteiger partial charge in [0.1, 0.15) is 35.8 Å². The molecule has 5 aliphatic rings. The average molecular weight is 480 g/mol. The minimum Gasteiger partial charge on any atom is -0.462 e. The first-order valence-electron chi connectivity index (χ1n) is 11.9. The first-order valence-corrected chi connectivity index (χ1v) is 11.9. The largest absolute Gasteiger partial charge is 0.462 e. The van der Waals surface area contributed by atoms with Crippen molar-refractivity contribution in [2.75, 3.05) is 19.0 Å². The summed E-state index contributed by atoms with van der Waals surface area (Å²) < 4.78 is 22.2. The van der Waals surface area contributed by atoms with Crippen LogP contribution in [0, 0.1) is 17.8 Å². The number of ether oxygens (including phenoxy) is 4. The fraction of sp³-hybridized carbons (Fsp3) is 0.708. The molecule has 4 aliphatic carbocycles. The monoisotopic (exact) mass is 479 g/mol. The van der Waals surface area contributed by atoms with Crippen molar-refractivity contribution in [1.82, 2.24) is 0 Å². The molecular formula is C24H33NO9. The summed E-state index contributed by atoms with van der Waals surface area (Å²) in [5.74, 6) is 1.30. The summed E-state index contributed by atoms with van der Waals surface area (Å²) in [6.45, 7) is -0.407. The molecule has 10 heteroatoms. The zero-order valence-electron chi connectivity index (χ0n) is 19.1. The number of hydrogen-bond acceptors (Lipinski definition) is 9. The predicted octanol–water partition coefficient (Wildman–Crippen LogP) is 1.01. The van der Waals surface area contributed by atoms with E-state index < -0.39 is 49.0 Å². The Morgan fingerprint density at radius 3 is 2.35 bits per heavy atom. The fourth-order valence-electron chi connectivity index (χ4n) is 6.58. The molecule has 4 bridgehead atoms. The Hall–Kier alpha value is -1.95. The number of anilines is 1. The minimum absolute atomic E-state index is 0.218. The first kappa shape index (κ1) is 23.8. The van der Waals surface area contributed by atoms with E-state index in [4.69, 9.17) is 18.9 Å². The standard InChI is InChI=1S/C24H33NO9/c1-31-21-17(11-26)33-22(20(29)19(21)28)32-16-4-2-15(3-5-16)25-23(30)34-24-8-12-6-13(9-24)18(27)14(7-12)10-24/h2-5,12-14,17-22,26-29H,6-11H2,1H3,(H,25,30)/t12?,13?,14?,17-,18?,19-,20-,21-,22-,24?/m1/s1. The molecule has 1 aromatic carbocycles. The van der Waals surface area contributed by atoms with Crippen molar-refractivity contribution in [3.8, 4) is 5.75 Å². The van der Waals surface area contributed by atoms with Gasteiger partial charge in [0.05, 0.1) is 12.7 Å². The molecule has 0 radical (unpaired) electrons. The maximum atomic E-state index is 12.6. The molecule has 0 spiro atoms. The number of methoxy groups -OCH3 is 1. The summed E-state index contributed by atoms with van der Waals surface area (Å²) in [5, 5.41) is 43.2. The number of carbonyl (C=O) groups excluding carboxylic acids is 1. The lowest BCUT2D eigenvalue weighted by molar-refractivity contribution is -0.281. The van der Waals surface area contributed by atoms with Crippen LogP contribution in [0.5, 0.6) is 5.75 Å². The molecule has 4 saturated carbocycles. The van der Waals surface area contributed by atoms with Crippen molar-refractivity contribution in [3.63, 3.8) is 0 Å². The Morgan fingerprint density at radius 1 is 1.06 bits per heavy atom. The number of carbonyl (C=O) groups is 1. The van der Waals surface area contributed by atoms with Gasteiger partial charge in [-0.1, -0.05) is 0 Å². The van der Waals surface area contributed by atoms with E-state index in [1.54, 1.807) is 24.3 Å². The van der Waals surface area contributed by atoms with Crippen molar-refractivity contribution in [3.05, 3.63) is 24.3 Å². The highest BCUT2D eigenvalue weighted by molar-refractivity contribution is 5.85. The molecule has 1 aliphatic heterocycles. The molecule has 7 atom stereocenters. The van der Waals surface area contributed by atoms with Crippen LogP contribution >= 0.6 is 0 Å². The molecule has 2 unspecified atom stereocenters. The van der Waals surface area contributed by atoms with Crippen molar-refractivity contribution < 1.29 is 44.2 Å². The quantitative estimate of drug-likeness (QED) is 0.403. The molecule has 34 heavy (non-hydrogen) atoms. The van der Waals surface area contributed by atoms with Crippen molar-refractivity contribution in [2.45, 2.75) is 74.5 Å². The van der Waals surface area contributed by atoms with Gasteiger partial charge in [-0.05, 0) is 74.1 Å². The molecule has 5 fully saturated rings. The van der Waals surface area contributed by atoms with E-state index in [1.165, 1.54) is 7.11 Å². The molecular weight excluding hydrogens is 446 g/mol. The number of rotatable bonds is 6. The maximum Gasteiger partial charge on any atom is 0.412 e. The zero-order chi connectivity index (χ0) is 24.0. The third-order valence-corrected chi connectivity index (χ3v) is 7.92. The summed E-state index contributed by atoms with van der Waals surface area (Å²) in [7, 11) is 1.36. The summed E-state index contributed by atoms with van der Waals surface area (Å²) in [5.41, 5.74) is 0.0292. The van der Waals surface area contributed by atoms with E-state index in [0.717, 1.165) is 32.1 Å². The molecule has 188 valence electrons. The van der Waals surface area contributed by atoms with Crippen LogP contribution in [0.25, 0.3) is 0 Å². The van der Waals surface area contributed by atoms with E-state index in [9.17, 15) is 25.2 Å². The average Bonchev–Trinajstić information content (AvgIpc) is 2.80. The molecule has 1 aromatic rings. The van der Waals surface area contributed by atoms with Crippen LogP contribution in [0.15, 0.2) is 24.3 Å². The van der Waals surface area contributed by atoms with E-state index in [0.29, 0.717) is 17.4 Å². The van der Waals surface area contributed by atoms with Crippen LogP contribution in [-0.2, 0) is 14.2 Å². The van der Waals surface area contributed by atoms with E-state index in [-0.39, 0.29) is 17.9 Å². The Balaban J connectivity index is 1.17. The van der Waals surface area contributed by atoms with Crippen molar-refractivity contribution >= 4 is 11.8 Å². The number of aliphatic hydroxyl groups excluding tert-OH is 4. The number of benzene rings is 1. The summed E-state index contributed by atoms with van der Waals surface area (Å²) in [6, 6.07) is 6.45. The predicted molar refractivity (Wildman–Crippen MR) is 118 cm³/mol. The van der Waals surface area contributed by atoms with Gasteiger partial charge in [-0.15, -0.1) is 0 Å². The smallest absolute Gasteiger partial charge is 0.412 e. The number of nitrogens with one attached hydrogen (secondary N) is 1. The second-order valence-corrected chi connectivity index (χ2v) is 10.2. The number of amides is 1. The van der Waals surface area contributed by atoms with E-state index in [2.05, 4.69) is 5.32 Å². The van der Waals surface area contributed by atoms with Crippen LogP contribution in [-0.4, -0.2) is 82.6 Å². The van der Waals surface area contributed by atoms with Gasteiger partial charge in [0, 0.05) is 12.8 Å². The third kappa shape index (κ3) is 4.38. The lowest BCUT2D eigenvalue weighted by Gasteiger charge is -2.57. The van der Waals surface area contributed by atoms with Gasteiger partial charge in [-0.2, -0.15) is 0 Å². The van der Waals surface area contributed by atoms with Gasteiger partial charge in [0.25, 0.3) is 0 Å². The van der Waals surface area contributed by atoms with Gasteiger partial charge < -0.3 is 39.4 Å². The lowest BCUT2D eigenvalue weighted by Crippen LogP contribution is -2.60. The third-order valence-electron chi connectivity index (χ3n) is 7.92. The summed E-state index contributed by atoms with van der Waals surface area (Å²) >= 11 is 0. The fourth-order valence-corrected chi connectivity index (χ4v) is 6.58. The highest BCUT2D eigenvalue weighted by Gasteiger charge is 2.57. The molecule has 10 nitrogen and oxygen atoms in total. The van der Waals surface area contributed by atoms with Crippen molar-refractivity contribution in [1.29, 1.82) is 0 Å². The minimum atomic E-state index is -1.38. The van der Waals surface area contributed by atoms with Crippen LogP contribution in [0.3, 0.4) is 0 Å². The SMILES string of the molecule is CO[C@H]1[C@H](O)[C@@H](O)[C@H](Oc2ccc(NC(=O)OC34CC5CC(C3)C(O)C(C5)C4)cc2)O[C@@H]1CO. The molecule has 1 amide bonds. The van der Waals surface area contributed by atoms with Gasteiger partial charge in [0.15, 0.2) is 0 Å². The zero-order valence-corrected chi connectivity index (χ0v) is 19.1. The van der Waals surface area contributed by atoms with Gasteiger partial charge in [0.2, 0.25) is 6.29 Å². The first-order chi connectivity index (χ1) is 16.3. The Labute approximate surface area is 197 Å². The second-order valence-electron chi connectivity index (χ2n) is 10.2. The van der Waals surface area contributed by atoms with Crippen LogP contribution in [0.1, 0.15) is 32.1 Å². The second kappa shape index (κ2) is 9.25. The molecule has 0 aromatic heterocycles. The Morgan fingerprint density at radius 2 is 1.74 bits per heavy atom. The van der Waals surface area contributed by atoms with Gasteiger partial charge in [-0.3, -0.25) is 5.32 Å². The van der Waals surface area contributed by atoms with Crippen LogP contribution in [0.4, 0.5) is 10.5 Å². The van der Waals surface area contributed by atoms with Crippen molar-refractivity contribution in [2.24, 2.45) is 17.8 Å². The highest BCUT2D eigenvalue weighted by Crippen LogP contribution is 2.57. The Kier molecular flexibility index (Phi) is 6.47. The van der Waals surface area contributed by atoms with Crippen LogP contribution in [0.2, 0.25) is 0 Å². The summed E-state index contributed by atoms with van der Waals surface area (Å²) in [4.78, 5) is 12.6. The van der Waals surface area contributed by atoms with E-state index in [1.807, 2.05) is 0 Å². The van der Waals surface area contributed by atoms with Gasteiger partial charge in [-0.25, -0.2) is 4.79 Å². The number of hydrogen-bond donors (Lipinski definition) is 5. The maximum absolute atomic E-state index is 12.6. The molecule has 6 rings (SSSR count). The molecule has 1 heterocycles. The summed E-state index contributed by atoms with van der Waals surface area (Å²) in [6.07, 6.45) is -2.05. The molecule has 5 N–H and O–H groups in total. The molecule has 1 saturated heterocycles. The highest BCUT2D eigenvalue weighted by atomic mass is 16.7.